The monoisotopic (exact) mass is 224 g/mol. The van der Waals surface area contributed by atoms with Crippen molar-refractivity contribution in [1.29, 1.82) is 0 Å². The maximum absolute atomic E-state index is 13.3. The third-order valence-corrected chi connectivity index (χ3v) is 2.43. The lowest BCUT2D eigenvalue weighted by atomic mass is 10.0. The second-order valence-corrected chi connectivity index (χ2v) is 3.55. The number of hydrogen-bond donors (Lipinski definition) is 0. The Morgan fingerprint density at radius 3 is 2.38 bits per heavy atom. The molecule has 0 N–H and O–H groups in total. The number of ether oxygens (including phenoxy) is 1. The van der Waals surface area contributed by atoms with Crippen LogP contribution < -0.4 is 0 Å². The first kappa shape index (κ1) is 12.4. The highest BCUT2D eigenvalue weighted by molar-refractivity contribution is 6.11. The summed E-state index contributed by atoms with van der Waals surface area (Å²) in [4.78, 5) is 22.4. The van der Waals surface area contributed by atoms with E-state index in [-0.39, 0.29) is 5.56 Å². The summed E-state index contributed by atoms with van der Waals surface area (Å²) in [5.74, 6) is -2.03. The Morgan fingerprint density at radius 1 is 1.25 bits per heavy atom. The number of methoxy groups -OCH3 is 1. The van der Waals surface area contributed by atoms with Crippen LogP contribution in [-0.4, -0.2) is 25.0 Å². The van der Waals surface area contributed by atoms with E-state index in [1.807, 2.05) is 13.8 Å². The Bertz CT molecular complexity index is 426. The SMILES string of the molecule is COC(=O)C(F)C(=O)c1ccc(C)c(C)c1. The summed E-state index contributed by atoms with van der Waals surface area (Å²) in [6.45, 7) is 3.70. The van der Waals surface area contributed by atoms with Crippen LogP contribution in [0.3, 0.4) is 0 Å². The Kier molecular flexibility index (Phi) is 3.77. The van der Waals surface area contributed by atoms with Crippen LogP contribution in [-0.2, 0) is 9.53 Å². The summed E-state index contributed by atoms with van der Waals surface area (Å²) >= 11 is 0. The molecule has 1 unspecified atom stereocenters. The minimum Gasteiger partial charge on any atom is -0.467 e. The van der Waals surface area contributed by atoms with Crippen LogP contribution in [0, 0.1) is 13.8 Å². The number of rotatable bonds is 3. The van der Waals surface area contributed by atoms with E-state index < -0.39 is 17.9 Å². The molecule has 3 nitrogen and oxygen atoms in total. The van der Waals surface area contributed by atoms with Gasteiger partial charge in [0, 0.05) is 5.56 Å². The molecule has 0 aliphatic heterocycles. The van der Waals surface area contributed by atoms with Gasteiger partial charge >= 0.3 is 5.97 Å². The quantitative estimate of drug-likeness (QED) is 0.448. The molecule has 1 rings (SSSR count). The molecule has 0 aliphatic rings. The van der Waals surface area contributed by atoms with Crippen molar-refractivity contribution in [1.82, 2.24) is 0 Å². The van der Waals surface area contributed by atoms with Crippen LogP contribution in [0.2, 0.25) is 0 Å². The second-order valence-electron chi connectivity index (χ2n) is 3.55. The molecule has 0 amide bonds. The molecule has 0 saturated carbocycles. The maximum Gasteiger partial charge on any atom is 0.348 e. The summed E-state index contributed by atoms with van der Waals surface area (Å²) in [7, 11) is 1.04. The molecule has 0 bridgehead atoms. The first-order valence-electron chi connectivity index (χ1n) is 4.80. The van der Waals surface area contributed by atoms with E-state index >= 15 is 0 Å². The summed E-state index contributed by atoms with van der Waals surface area (Å²) in [6.07, 6.45) is -2.24. The Balaban J connectivity index is 2.97. The van der Waals surface area contributed by atoms with Gasteiger partial charge in [0.15, 0.2) is 0 Å². The average molecular weight is 224 g/mol. The number of carbonyl (C=O) groups is 2. The van der Waals surface area contributed by atoms with Crippen molar-refractivity contribution in [2.24, 2.45) is 0 Å². The normalized spacial score (nSPS) is 12.0. The summed E-state index contributed by atoms with van der Waals surface area (Å²) < 4.78 is 17.5. The standard InChI is InChI=1S/C12H13FO3/c1-7-4-5-9(6-8(7)2)11(14)10(13)12(15)16-3/h4-6,10H,1-3H3. The van der Waals surface area contributed by atoms with E-state index in [1.54, 1.807) is 12.1 Å². The van der Waals surface area contributed by atoms with Crippen molar-refractivity contribution in [3.63, 3.8) is 0 Å². The molecule has 0 aliphatic carbocycles. The van der Waals surface area contributed by atoms with Crippen molar-refractivity contribution in [2.45, 2.75) is 20.0 Å². The molecule has 0 radical (unpaired) electrons. The van der Waals surface area contributed by atoms with Gasteiger partial charge in [0.1, 0.15) is 0 Å². The fraction of sp³-hybridized carbons (Fsp3) is 0.333. The van der Waals surface area contributed by atoms with Crippen molar-refractivity contribution in [3.05, 3.63) is 34.9 Å². The predicted octanol–water partition coefficient (Wildman–Crippen LogP) is 2.00. The van der Waals surface area contributed by atoms with E-state index in [1.165, 1.54) is 6.07 Å². The number of esters is 1. The van der Waals surface area contributed by atoms with Gasteiger partial charge in [-0.25, -0.2) is 9.18 Å². The van der Waals surface area contributed by atoms with Gasteiger partial charge in [0.25, 0.3) is 6.17 Å². The van der Waals surface area contributed by atoms with Crippen molar-refractivity contribution >= 4 is 11.8 Å². The van der Waals surface area contributed by atoms with Gasteiger partial charge in [-0.3, -0.25) is 4.79 Å². The van der Waals surface area contributed by atoms with Gasteiger partial charge in [-0.1, -0.05) is 12.1 Å². The minimum absolute atomic E-state index is 0.181. The molecule has 1 aromatic rings. The topological polar surface area (TPSA) is 43.4 Å². The fourth-order valence-corrected chi connectivity index (χ4v) is 1.25. The van der Waals surface area contributed by atoms with Gasteiger partial charge in [-0.15, -0.1) is 0 Å². The smallest absolute Gasteiger partial charge is 0.348 e. The van der Waals surface area contributed by atoms with Gasteiger partial charge in [0.05, 0.1) is 7.11 Å². The number of benzene rings is 1. The highest BCUT2D eigenvalue weighted by Gasteiger charge is 2.27. The highest BCUT2D eigenvalue weighted by Crippen LogP contribution is 2.13. The third kappa shape index (κ3) is 2.45. The van der Waals surface area contributed by atoms with E-state index in [0.29, 0.717) is 0 Å². The van der Waals surface area contributed by atoms with E-state index in [2.05, 4.69) is 4.74 Å². The lowest BCUT2D eigenvalue weighted by Crippen LogP contribution is -2.27. The molecule has 4 heteroatoms. The van der Waals surface area contributed by atoms with Crippen molar-refractivity contribution < 1.29 is 18.7 Å². The Morgan fingerprint density at radius 2 is 1.88 bits per heavy atom. The molecule has 0 fully saturated rings. The number of ketones is 1. The largest absolute Gasteiger partial charge is 0.467 e. The minimum atomic E-state index is -2.24. The van der Waals surface area contributed by atoms with Gasteiger partial charge < -0.3 is 4.74 Å². The predicted molar refractivity (Wildman–Crippen MR) is 57.2 cm³/mol. The zero-order valence-corrected chi connectivity index (χ0v) is 9.41. The zero-order valence-electron chi connectivity index (χ0n) is 9.41. The molecule has 0 spiro atoms. The highest BCUT2D eigenvalue weighted by atomic mass is 19.1. The third-order valence-electron chi connectivity index (χ3n) is 2.43. The molecular weight excluding hydrogens is 211 g/mol. The van der Waals surface area contributed by atoms with Crippen LogP contribution in [0.4, 0.5) is 4.39 Å². The van der Waals surface area contributed by atoms with E-state index in [9.17, 15) is 14.0 Å². The average Bonchev–Trinajstić information content (AvgIpc) is 2.29. The van der Waals surface area contributed by atoms with Crippen molar-refractivity contribution in [3.8, 4) is 0 Å². The van der Waals surface area contributed by atoms with Gasteiger partial charge in [-0.2, -0.15) is 0 Å². The van der Waals surface area contributed by atoms with E-state index in [0.717, 1.165) is 18.2 Å². The number of hydrogen-bond acceptors (Lipinski definition) is 3. The number of Topliss-reactive ketones (excluding diaryl/α,β-unsaturated/α-hetero) is 1. The Labute approximate surface area is 93.2 Å². The first-order valence-corrected chi connectivity index (χ1v) is 4.80. The summed E-state index contributed by atoms with van der Waals surface area (Å²) in [5, 5.41) is 0. The maximum atomic E-state index is 13.3. The molecule has 0 saturated heterocycles. The molecule has 0 heterocycles. The second kappa shape index (κ2) is 4.88. The molecule has 0 aromatic heterocycles. The zero-order chi connectivity index (χ0) is 12.3. The van der Waals surface area contributed by atoms with Crippen molar-refractivity contribution in [2.75, 3.05) is 7.11 Å². The summed E-state index contributed by atoms with van der Waals surface area (Å²) in [5.41, 5.74) is 2.06. The van der Waals surface area contributed by atoms with Crippen LogP contribution in [0.25, 0.3) is 0 Å². The lowest BCUT2D eigenvalue weighted by molar-refractivity contribution is -0.144. The van der Waals surface area contributed by atoms with E-state index in [4.69, 9.17) is 0 Å². The van der Waals surface area contributed by atoms with Gasteiger partial charge in [-0.05, 0) is 31.0 Å². The van der Waals surface area contributed by atoms with Crippen LogP contribution >= 0.6 is 0 Å². The Hall–Kier alpha value is -1.71. The molecule has 1 aromatic carbocycles. The van der Waals surface area contributed by atoms with Crippen LogP contribution in [0.1, 0.15) is 21.5 Å². The molecule has 1 atom stereocenters. The number of alkyl halides is 1. The number of aryl methyl sites for hydroxylation is 2. The fourth-order valence-electron chi connectivity index (χ4n) is 1.25. The van der Waals surface area contributed by atoms with Crippen LogP contribution in [0.5, 0.6) is 0 Å². The van der Waals surface area contributed by atoms with Gasteiger partial charge in [0.2, 0.25) is 5.78 Å². The van der Waals surface area contributed by atoms with Crippen LogP contribution in [0.15, 0.2) is 18.2 Å². The lowest BCUT2D eigenvalue weighted by Gasteiger charge is -2.07. The number of halogens is 1. The first-order chi connectivity index (χ1) is 7.47. The number of carbonyl (C=O) groups excluding carboxylic acids is 2. The molecule has 86 valence electrons. The molecule has 16 heavy (non-hydrogen) atoms. The summed E-state index contributed by atoms with van der Waals surface area (Å²) in [6, 6.07) is 4.78. The molecular formula is C12H13FO3.